The predicted octanol–water partition coefficient (Wildman–Crippen LogP) is 9.16. The number of ether oxygens (including phenoxy) is 2. The lowest BCUT2D eigenvalue weighted by Crippen LogP contribution is -2.50. The maximum atomic E-state index is 12.8. The van der Waals surface area contributed by atoms with Gasteiger partial charge in [0, 0.05) is 62.2 Å². The molecule has 5 aromatic rings. The lowest BCUT2D eigenvalue weighted by Gasteiger charge is -2.41. The van der Waals surface area contributed by atoms with Crippen molar-refractivity contribution >= 4 is 26.8 Å². The molecule has 1 aliphatic rings. The minimum Gasteiger partial charge on any atom is -0.463 e. The molecule has 0 N–H and O–H groups in total. The molecule has 0 amide bonds. The Morgan fingerprint density at radius 1 is 0.938 bits per heavy atom. The van der Waals surface area contributed by atoms with Crippen molar-refractivity contribution in [3.63, 3.8) is 0 Å². The van der Waals surface area contributed by atoms with Crippen molar-refractivity contribution in [2.24, 2.45) is 7.05 Å². The molecule has 11 heteroatoms. The first-order chi connectivity index (χ1) is 22.8. The van der Waals surface area contributed by atoms with E-state index in [9.17, 15) is 4.57 Å². The summed E-state index contributed by atoms with van der Waals surface area (Å²) >= 11 is 0. The van der Waals surface area contributed by atoms with E-state index in [1.807, 2.05) is 25.4 Å². The van der Waals surface area contributed by atoms with Gasteiger partial charge in [-0.15, -0.1) is 0 Å². The summed E-state index contributed by atoms with van der Waals surface area (Å²) in [5, 5.41) is 1.01. The van der Waals surface area contributed by atoms with Gasteiger partial charge in [0.15, 0.2) is 14.1 Å². The van der Waals surface area contributed by atoms with Crippen LogP contribution in [0.2, 0.25) is 18.1 Å². The molecule has 0 aliphatic carbocycles. The highest BCUT2D eigenvalue weighted by atomic mass is 31.2. The summed E-state index contributed by atoms with van der Waals surface area (Å²) in [4.78, 5) is 4.42. The summed E-state index contributed by atoms with van der Waals surface area (Å²) in [6.45, 7) is 11.7. The van der Waals surface area contributed by atoms with Crippen LogP contribution >= 0.6 is 7.60 Å². The second-order valence-corrected chi connectivity index (χ2v) is 20.9. The van der Waals surface area contributed by atoms with Crippen LogP contribution in [0.3, 0.4) is 0 Å². The number of hydrogen-bond donors (Lipinski definition) is 0. The van der Waals surface area contributed by atoms with Gasteiger partial charge in [-0.25, -0.2) is 4.98 Å². The Labute approximate surface area is 283 Å². The van der Waals surface area contributed by atoms with E-state index in [0.717, 1.165) is 44.5 Å². The number of benzene rings is 3. The smallest absolute Gasteiger partial charge is 0.339 e. The van der Waals surface area contributed by atoms with Crippen molar-refractivity contribution in [2.75, 3.05) is 27.9 Å². The Balaban J connectivity index is 1.52. The first-order valence-corrected chi connectivity index (χ1v) is 20.7. The fourth-order valence-electron chi connectivity index (χ4n) is 6.31. The highest BCUT2D eigenvalue weighted by Gasteiger charge is 2.53. The van der Waals surface area contributed by atoms with E-state index in [-0.39, 0.29) is 17.1 Å². The van der Waals surface area contributed by atoms with E-state index in [4.69, 9.17) is 27.4 Å². The summed E-state index contributed by atoms with van der Waals surface area (Å²) in [6, 6.07) is 22.9. The summed E-state index contributed by atoms with van der Waals surface area (Å²) in [5.41, 5.74) is 5.14. The van der Waals surface area contributed by atoms with E-state index in [0.29, 0.717) is 12.4 Å². The zero-order chi connectivity index (χ0) is 34.5. The summed E-state index contributed by atoms with van der Waals surface area (Å²) in [6.07, 6.45) is 2.98. The minimum atomic E-state index is -3.36. The third kappa shape index (κ3) is 5.78. The van der Waals surface area contributed by atoms with Crippen LogP contribution in [0.4, 0.5) is 0 Å². The van der Waals surface area contributed by atoms with Gasteiger partial charge in [0.1, 0.15) is 17.3 Å². The van der Waals surface area contributed by atoms with Gasteiger partial charge in [0.05, 0.1) is 12.8 Å². The lowest BCUT2D eigenvalue weighted by atomic mass is 9.75. The number of aryl methyl sites for hydroxylation is 1. The second kappa shape index (κ2) is 12.7. The molecule has 2 unspecified atom stereocenters. The molecule has 0 radical (unpaired) electrons. The molecule has 0 saturated heterocycles. The lowest BCUT2D eigenvalue weighted by molar-refractivity contribution is -0.0865. The molecule has 0 fully saturated rings. The molecule has 48 heavy (non-hydrogen) atoms. The molecule has 9 nitrogen and oxygen atoms in total. The Kier molecular flexibility index (Phi) is 9.13. The second-order valence-electron chi connectivity index (χ2n) is 13.9. The molecule has 0 spiro atoms. The van der Waals surface area contributed by atoms with Gasteiger partial charge < -0.3 is 31.9 Å². The van der Waals surface area contributed by atoms with Crippen LogP contribution in [0.15, 0.2) is 83.5 Å². The highest BCUT2D eigenvalue weighted by Crippen LogP contribution is 2.54. The normalized spacial score (nSPS) is 18.3. The van der Waals surface area contributed by atoms with Crippen LogP contribution in [0.1, 0.15) is 37.8 Å². The SMILES string of the molecule is COC1Oc2c(-c3cccc4c3c(-c3cnc(CP(=O)(OC)OC)o3)cn4C)cccc2C1(CO[Si](C)(C)C(C)(C)C)c1ccccc1. The Morgan fingerprint density at radius 3 is 2.29 bits per heavy atom. The minimum absolute atomic E-state index is 0.0293. The molecule has 2 atom stereocenters. The molecular weight excluding hydrogens is 643 g/mol. The predicted molar refractivity (Wildman–Crippen MR) is 191 cm³/mol. The van der Waals surface area contributed by atoms with Crippen LogP contribution in [-0.4, -0.2) is 52.1 Å². The summed E-state index contributed by atoms with van der Waals surface area (Å²) in [5.74, 6) is 1.58. The van der Waals surface area contributed by atoms with Gasteiger partial charge in [-0.2, -0.15) is 0 Å². The van der Waals surface area contributed by atoms with E-state index in [1.165, 1.54) is 14.2 Å². The van der Waals surface area contributed by atoms with E-state index < -0.39 is 27.6 Å². The molecule has 254 valence electrons. The van der Waals surface area contributed by atoms with Gasteiger partial charge >= 0.3 is 7.60 Å². The van der Waals surface area contributed by atoms with Crippen molar-refractivity contribution < 1.29 is 31.9 Å². The molecule has 0 bridgehead atoms. The molecule has 6 rings (SSSR count). The first kappa shape index (κ1) is 34.4. The van der Waals surface area contributed by atoms with Gasteiger partial charge in [-0.1, -0.05) is 81.4 Å². The number of oxazole rings is 1. The third-order valence-corrected chi connectivity index (χ3v) is 16.4. The fraction of sp³-hybridized carbons (Fsp3) is 0.378. The van der Waals surface area contributed by atoms with E-state index in [1.54, 1.807) is 13.3 Å². The van der Waals surface area contributed by atoms with Crippen LogP contribution < -0.4 is 4.74 Å². The average molecular weight is 689 g/mol. The summed E-state index contributed by atoms with van der Waals surface area (Å²) in [7, 11) is 0.891. The Bertz CT molecular complexity index is 1970. The number of hydrogen-bond acceptors (Lipinski definition) is 8. The molecule has 0 saturated carbocycles. The van der Waals surface area contributed by atoms with Gasteiger partial charge in [-0.05, 0) is 35.3 Å². The Hall–Kier alpha value is -3.50. The highest BCUT2D eigenvalue weighted by molar-refractivity contribution is 7.52. The maximum absolute atomic E-state index is 12.8. The van der Waals surface area contributed by atoms with Crippen molar-refractivity contribution in [1.82, 2.24) is 9.55 Å². The standard InChI is InChI=1S/C37H45N2O7PSi/c1-36(2,3)48(8,9)44-24-37(25-15-11-10-12-16-25)29-19-13-18-27(34(29)46-35(37)41-5)26-17-14-20-30-33(26)28(22-39(30)4)31-21-38-32(45-31)23-47(40,42-6)43-7/h10-22,35H,23-24H2,1-9H3. The zero-order valence-electron chi connectivity index (χ0n) is 29.2. The Morgan fingerprint density at radius 2 is 1.62 bits per heavy atom. The third-order valence-electron chi connectivity index (χ3n) is 10.1. The molecule has 3 aromatic carbocycles. The molecular formula is C37H45N2O7PSi. The monoisotopic (exact) mass is 688 g/mol. The first-order valence-electron chi connectivity index (χ1n) is 16.0. The van der Waals surface area contributed by atoms with Gasteiger partial charge in [0.2, 0.25) is 12.2 Å². The number of fused-ring (bicyclic) bond motifs is 2. The largest absolute Gasteiger partial charge is 0.463 e. The van der Waals surface area contributed by atoms with Gasteiger partial charge in [0.25, 0.3) is 0 Å². The number of rotatable bonds is 11. The van der Waals surface area contributed by atoms with Crippen molar-refractivity contribution in [1.29, 1.82) is 0 Å². The van der Waals surface area contributed by atoms with Gasteiger partial charge in [-0.3, -0.25) is 4.57 Å². The summed E-state index contributed by atoms with van der Waals surface area (Å²) < 4.78 is 51.3. The van der Waals surface area contributed by atoms with Crippen molar-refractivity contribution in [2.45, 2.75) is 56.8 Å². The number of methoxy groups -OCH3 is 1. The van der Waals surface area contributed by atoms with Crippen molar-refractivity contribution in [3.05, 3.63) is 96.1 Å². The number of para-hydroxylation sites is 1. The number of nitrogens with zero attached hydrogens (tertiary/aromatic N) is 2. The molecule has 1 aliphatic heterocycles. The van der Waals surface area contributed by atoms with Crippen molar-refractivity contribution in [3.8, 4) is 28.2 Å². The van der Waals surface area contributed by atoms with E-state index in [2.05, 4.69) is 98.0 Å². The quantitative estimate of drug-likeness (QED) is 0.100. The molecule has 3 heterocycles. The van der Waals surface area contributed by atoms with Crippen LogP contribution in [0, 0.1) is 0 Å². The van der Waals surface area contributed by atoms with Crippen LogP contribution in [-0.2, 0) is 41.4 Å². The average Bonchev–Trinajstić information content (AvgIpc) is 3.77. The number of aromatic nitrogens is 2. The fourth-order valence-corrected chi connectivity index (χ4v) is 8.22. The topological polar surface area (TPSA) is 94.2 Å². The van der Waals surface area contributed by atoms with Crippen LogP contribution in [0.5, 0.6) is 5.75 Å². The van der Waals surface area contributed by atoms with Crippen LogP contribution in [0.25, 0.3) is 33.4 Å². The molecule has 2 aromatic heterocycles. The van der Waals surface area contributed by atoms with E-state index >= 15 is 0 Å². The zero-order valence-corrected chi connectivity index (χ0v) is 31.1. The maximum Gasteiger partial charge on any atom is 0.339 e.